The molecule has 0 amide bonds. The molecule has 55 heavy (non-hydrogen) atoms. The Morgan fingerprint density at radius 2 is 0.982 bits per heavy atom. The number of benzene rings is 9. The third-order valence-corrected chi connectivity index (χ3v) is 11.0. The molecule has 0 N–H and O–H groups in total. The summed E-state index contributed by atoms with van der Waals surface area (Å²) >= 11 is 0. The highest BCUT2D eigenvalue weighted by Crippen LogP contribution is 2.46. The van der Waals surface area contributed by atoms with E-state index in [4.69, 9.17) is 4.74 Å². The maximum Gasteiger partial charge on any atom is 0.152 e. The van der Waals surface area contributed by atoms with Crippen molar-refractivity contribution in [3.8, 4) is 50.6 Å². The molecule has 11 rings (SSSR count). The average Bonchev–Trinajstić information content (AvgIpc) is 3.60. The Kier molecular flexibility index (Phi) is 7.17. The summed E-state index contributed by atoms with van der Waals surface area (Å²) in [6, 6.07) is 74.0. The largest absolute Gasteiger partial charge is 0.453 e. The van der Waals surface area contributed by atoms with E-state index >= 15 is 0 Å². The SMILES string of the molecule is c1ccc(-c2ccccc2N(c2ccc(-c3ccc4c(c3)c3cccc5c3n4-c3ccccc3O5)cc2)c2ccc(-c3cccc4ccccc34)cc2)cc1. The highest BCUT2D eigenvalue weighted by Gasteiger charge is 2.24. The Hall–Kier alpha value is -7.36. The lowest BCUT2D eigenvalue weighted by Crippen LogP contribution is -2.11. The van der Waals surface area contributed by atoms with E-state index in [0.717, 1.165) is 45.3 Å². The molecule has 3 nitrogen and oxygen atoms in total. The van der Waals surface area contributed by atoms with Crippen molar-refractivity contribution in [1.29, 1.82) is 0 Å². The van der Waals surface area contributed by atoms with Gasteiger partial charge in [-0.05, 0) is 99.3 Å². The van der Waals surface area contributed by atoms with Crippen LogP contribution in [0.1, 0.15) is 0 Å². The van der Waals surface area contributed by atoms with Crippen LogP contribution in [0.15, 0.2) is 206 Å². The van der Waals surface area contributed by atoms with Gasteiger partial charge >= 0.3 is 0 Å². The number of hydrogen-bond donors (Lipinski definition) is 0. The van der Waals surface area contributed by atoms with Crippen LogP contribution in [0.4, 0.5) is 17.1 Å². The highest BCUT2D eigenvalue weighted by molar-refractivity contribution is 6.13. The maximum atomic E-state index is 6.36. The molecule has 0 radical (unpaired) electrons. The lowest BCUT2D eigenvalue weighted by molar-refractivity contribution is 0.476. The van der Waals surface area contributed by atoms with Crippen LogP contribution in [0.5, 0.6) is 11.5 Å². The highest BCUT2D eigenvalue weighted by atomic mass is 16.5. The molecular formula is C52H34N2O. The van der Waals surface area contributed by atoms with Crippen molar-refractivity contribution in [2.75, 3.05) is 4.90 Å². The van der Waals surface area contributed by atoms with Gasteiger partial charge in [0.05, 0.1) is 22.4 Å². The van der Waals surface area contributed by atoms with Gasteiger partial charge in [-0.3, -0.25) is 0 Å². The Balaban J connectivity index is 1.02. The molecule has 258 valence electrons. The Morgan fingerprint density at radius 1 is 0.382 bits per heavy atom. The normalized spacial score (nSPS) is 11.8. The third-order valence-electron chi connectivity index (χ3n) is 11.0. The molecular weight excluding hydrogens is 669 g/mol. The fourth-order valence-corrected chi connectivity index (χ4v) is 8.42. The van der Waals surface area contributed by atoms with Gasteiger partial charge in [-0.2, -0.15) is 0 Å². The van der Waals surface area contributed by atoms with Gasteiger partial charge in [0.2, 0.25) is 0 Å². The second-order valence-electron chi connectivity index (χ2n) is 14.1. The first-order valence-electron chi connectivity index (χ1n) is 18.8. The first-order valence-corrected chi connectivity index (χ1v) is 18.8. The molecule has 0 saturated heterocycles. The van der Waals surface area contributed by atoms with Gasteiger partial charge in [-0.1, -0.05) is 146 Å². The van der Waals surface area contributed by atoms with Crippen LogP contribution in [0.25, 0.3) is 71.6 Å². The quantitative estimate of drug-likeness (QED) is 0.172. The standard InChI is InChI=1S/C52H34N2O/c1-2-12-37(13-3-1)44-17-6-7-20-47(44)53(41-31-26-38(27-32-41)43-18-10-15-36-14-4-5-16-42(36)43)40-29-24-35(25-30-40)39-28-33-48-46(34-39)45-19-11-23-51-52(45)54(48)49-21-8-9-22-50(49)55-51/h1-34H. The summed E-state index contributed by atoms with van der Waals surface area (Å²) in [6.07, 6.45) is 0. The van der Waals surface area contributed by atoms with Crippen molar-refractivity contribution in [2.24, 2.45) is 0 Å². The average molecular weight is 703 g/mol. The molecule has 0 aliphatic carbocycles. The second-order valence-corrected chi connectivity index (χ2v) is 14.1. The van der Waals surface area contributed by atoms with Crippen LogP contribution in [0.3, 0.4) is 0 Å². The number of anilines is 3. The second kappa shape index (κ2) is 12.6. The van der Waals surface area contributed by atoms with E-state index in [1.807, 2.05) is 12.1 Å². The van der Waals surface area contributed by atoms with E-state index in [0.29, 0.717) is 0 Å². The van der Waals surface area contributed by atoms with Gasteiger partial charge in [0.25, 0.3) is 0 Å². The van der Waals surface area contributed by atoms with E-state index in [1.165, 1.54) is 54.9 Å². The first-order chi connectivity index (χ1) is 27.3. The summed E-state index contributed by atoms with van der Waals surface area (Å²) in [5.74, 6) is 1.76. The molecule has 2 heterocycles. The first kappa shape index (κ1) is 31.2. The summed E-state index contributed by atoms with van der Waals surface area (Å²) in [5.41, 5.74) is 13.8. The molecule has 0 fully saturated rings. The van der Waals surface area contributed by atoms with E-state index in [1.54, 1.807) is 0 Å². The molecule has 1 aliphatic heterocycles. The van der Waals surface area contributed by atoms with Crippen molar-refractivity contribution in [2.45, 2.75) is 0 Å². The minimum atomic E-state index is 0.876. The van der Waals surface area contributed by atoms with Crippen molar-refractivity contribution >= 4 is 49.6 Å². The summed E-state index contributed by atoms with van der Waals surface area (Å²) in [5, 5.41) is 4.91. The van der Waals surface area contributed by atoms with Crippen LogP contribution in [0.2, 0.25) is 0 Å². The lowest BCUT2D eigenvalue weighted by atomic mass is 9.97. The zero-order chi connectivity index (χ0) is 36.3. The number of hydrogen-bond acceptors (Lipinski definition) is 2. The predicted molar refractivity (Wildman–Crippen MR) is 229 cm³/mol. The minimum absolute atomic E-state index is 0.876. The summed E-state index contributed by atoms with van der Waals surface area (Å²) in [4.78, 5) is 2.38. The van der Waals surface area contributed by atoms with Crippen LogP contribution in [-0.4, -0.2) is 4.57 Å². The maximum absolute atomic E-state index is 6.36. The number of ether oxygens (including phenoxy) is 1. The molecule has 9 aromatic carbocycles. The van der Waals surface area contributed by atoms with Crippen molar-refractivity contribution in [1.82, 2.24) is 4.57 Å². The molecule has 0 unspecified atom stereocenters. The van der Waals surface area contributed by atoms with Crippen molar-refractivity contribution in [3.05, 3.63) is 206 Å². The Labute approximate surface area is 319 Å². The van der Waals surface area contributed by atoms with Gasteiger partial charge in [-0.15, -0.1) is 0 Å². The Morgan fingerprint density at radius 3 is 1.84 bits per heavy atom. The van der Waals surface area contributed by atoms with Gasteiger partial charge in [0.1, 0.15) is 0 Å². The van der Waals surface area contributed by atoms with E-state index in [2.05, 4.69) is 204 Å². The number of nitrogens with zero attached hydrogens (tertiary/aromatic N) is 2. The van der Waals surface area contributed by atoms with E-state index in [-0.39, 0.29) is 0 Å². The summed E-state index contributed by atoms with van der Waals surface area (Å²) in [7, 11) is 0. The third kappa shape index (κ3) is 5.13. The molecule has 0 bridgehead atoms. The number of aromatic nitrogens is 1. The van der Waals surface area contributed by atoms with Crippen molar-refractivity contribution < 1.29 is 4.74 Å². The van der Waals surface area contributed by atoms with Gasteiger partial charge in [-0.25, -0.2) is 0 Å². The van der Waals surface area contributed by atoms with Crippen LogP contribution in [0, 0.1) is 0 Å². The minimum Gasteiger partial charge on any atom is -0.453 e. The van der Waals surface area contributed by atoms with Crippen LogP contribution in [-0.2, 0) is 0 Å². The molecule has 3 heteroatoms. The zero-order valence-electron chi connectivity index (χ0n) is 29.9. The molecule has 0 atom stereocenters. The molecule has 1 aromatic heterocycles. The van der Waals surface area contributed by atoms with Crippen LogP contribution >= 0.6 is 0 Å². The number of para-hydroxylation sites is 4. The van der Waals surface area contributed by atoms with Gasteiger partial charge < -0.3 is 14.2 Å². The zero-order valence-corrected chi connectivity index (χ0v) is 29.9. The topological polar surface area (TPSA) is 17.4 Å². The fraction of sp³-hybridized carbons (Fsp3) is 0. The Bertz CT molecular complexity index is 3050. The number of rotatable bonds is 6. The lowest BCUT2D eigenvalue weighted by Gasteiger charge is -2.28. The monoisotopic (exact) mass is 702 g/mol. The molecule has 1 aliphatic rings. The predicted octanol–water partition coefficient (Wildman–Crippen LogP) is 14.5. The summed E-state index contributed by atoms with van der Waals surface area (Å²) < 4.78 is 8.71. The number of fused-ring (bicyclic) bond motifs is 6. The van der Waals surface area contributed by atoms with Crippen molar-refractivity contribution in [3.63, 3.8) is 0 Å². The van der Waals surface area contributed by atoms with E-state index < -0.39 is 0 Å². The van der Waals surface area contributed by atoms with Crippen LogP contribution < -0.4 is 9.64 Å². The molecule has 10 aromatic rings. The fourth-order valence-electron chi connectivity index (χ4n) is 8.42. The van der Waals surface area contributed by atoms with Gasteiger partial charge in [0.15, 0.2) is 11.5 Å². The van der Waals surface area contributed by atoms with E-state index in [9.17, 15) is 0 Å². The molecule has 0 saturated carbocycles. The smallest absolute Gasteiger partial charge is 0.152 e. The summed E-state index contributed by atoms with van der Waals surface area (Å²) in [6.45, 7) is 0. The molecule has 0 spiro atoms. The van der Waals surface area contributed by atoms with Gasteiger partial charge in [0, 0.05) is 27.7 Å².